The zero-order valence-corrected chi connectivity index (χ0v) is 16.6. The summed E-state index contributed by atoms with van der Waals surface area (Å²) in [6, 6.07) is 11.2. The molecule has 0 aliphatic carbocycles. The summed E-state index contributed by atoms with van der Waals surface area (Å²) in [6.45, 7) is 4.32. The van der Waals surface area contributed by atoms with Gasteiger partial charge in [0.2, 0.25) is 0 Å². The molecule has 28 heavy (non-hydrogen) atoms. The molecule has 144 valence electrons. The summed E-state index contributed by atoms with van der Waals surface area (Å²) in [6.07, 6.45) is 5.16. The minimum Gasteiger partial charge on any atom is -0.488 e. The van der Waals surface area contributed by atoms with E-state index in [1.165, 1.54) is 0 Å². The van der Waals surface area contributed by atoms with Crippen LogP contribution in [-0.2, 0) is 6.61 Å². The van der Waals surface area contributed by atoms with E-state index in [0.29, 0.717) is 17.9 Å². The van der Waals surface area contributed by atoms with E-state index in [4.69, 9.17) is 4.74 Å². The van der Waals surface area contributed by atoms with Crippen molar-refractivity contribution in [2.24, 2.45) is 0 Å². The average molecular weight is 376 g/mol. The van der Waals surface area contributed by atoms with E-state index in [1.54, 1.807) is 18.6 Å². The second-order valence-corrected chi connectivity index (χ2v) is 6.84. The summed E-state index contributed by atoms with van der Waals surface area (Å²) in [4.78, 5) is 22.9. The molecule has 0 aliphatic heterocycles. The molecule has 0 atom stereocenters. The third-order valence-corrected chi connectivity index (χ3v) is 4.29. The molecule has 3 rings (SSSR count). The number of hydrogen-bond donors (Lipinski definition) is 1. The van der Waals surface area contributed by atoms with Crippen molar-refractivity contribution in [3.63, 3.8) is 0 Å². The Bertz CT molecular complexity index is 931. The Morgan fingerprint density at radius 3 is 2.43 bits per heavy atom. The number of amides is 1. The molecule has 0 bridgehead atoms. The van der Waals surface area contributed by atoms with Crippen molar-refractivity contribution in [2.45, 2.75) is 20.5 Å². The first-order valence-electron chi connectivity index (χ1n) is 9.01. The van der Waals surface area contributed by atoms with Gasteiger partial charge >= 0.3 is 0 Å². The van der Waals surface area contributed by atoms with Crippen molar-refractivity contribution in [3.05, 3.63) is 77.2 Å². The number of hydrogen-bond acceptors (Lipinski definition) is 5. The Labute approximate surface area is 165 Å². The molecule has 2 aromatic heterocycles. The Morgan fingerprint density at radius 2 is 1.86 bits per heavy atom. The monoisotopic (exact) mass is 376 g/mol. The van der Waals surface area contributed by atoms with Crippen LogP contribution in [0, 0.1) is 13.8 Å². The number of aryl methyl sites for hydroxylation is 2. The van der Waals surface area contributed by atoms with Gasteiger partial charge in [-0.25, -0.2) is 4.98 Å². The minimum absolute atomic E-state index is 0.176. The number of ether oxygens (including phenoxy) is 1. The molecule has 0 saturated carbocycles. The van der Waals surface area contributed by atoms with Gasteiger partial charge in [-0.1, -0.05) is 6.07 Å². The fourth-order valence-electron chi connectivity index (χ4n) is 2.88. The maximum Gasteiger partial charge on any atom is 0.255 e. The number of nitrogens with one attached hydrogen (secondary N) is 1. The van der Waals surface area contributed by atoms with Gasteiger partial charge in [-0.3, -0.25) is 9.78 Å². The van der Waals surface area contributed by atoms with E-state index in [1.807, 2.05) is 69.2 Å². The number of rotatable bonds is 6. The van der Waals surface area contributed by atoms with Gasteiger partial charge in [0.25, 0.3) is 5.91 Å². The van der Waals surface area contributed by atoms with Gasteiger partial charge in [0.05, 0.1) is 11.9 Å². The summed E-state index contributed by atoms with van der Waals surface area (Å²) >= 11 is 0. The second kappa shape index (κ2) is 8.52. The first-order valence-corrected chi connectivity index (χ1v) is 9.01. The van der Waals surface area contributed by atoms with Crippen LogP contribution < -0.4 is 15.0 Å². The van der Waals surface area contributed by atoms with E-state index in [2.05, 4.69) is 15.3 Å². The van der Waals surface area contributed by atoms with Crippen LogP contribution in [0.2, 0.25) is 0 Å². The van der Waals surface area contributed by atoms with Gasteiger partial charge in [-0.05, 0) is 55.3 Å². The van der Waals surface area contributed by atoms with Crippen LogP contribution in [0.5, 0.6) is 5.75 Å². The Morgan fingerprint density at radius 1 is 1.11 bits per heavy atom. The lowest BCUT2D eigenvalue weighted by molar-refractivity contribution is 0.102. The fraction of sp³-hybridized carbons (Fsp3) is 0.227. The predicted molar refractivity (Wildman–Crippen MR) is 111 cm³/mol. The lowest BCUT2D eigenvalue weighted by atomic mass is 10.0. The highest BCUT2D eigenvalue weighted by atomic mass is 16.5. The molecule has 0 saturated heterocycles. The van der Waals surface area contributed by atoms with Crippen LogP contribution in [0.3, 0.4) is 0 Å². The van der Waals surface area contributed by atoms with E-state index in [-0.39, 0.29) is 5.91 Å². The van der Waals surface area contributed by atoms with E-state index >= 15 is 0 Å². The van der Waals surface area contributed by atoms with Crippen LogP contribution in [0.4, 0.5) is 11.5 Å². The third-order valence-electron chi connectivity index (χ3n) is 4.29. The quantitative estimate of drug-likeness (QED) is 0.704. The van der Waals surface area contributed by atoms with E-state index in [9.17, 15) is 4.79 Å². The summed E-state index contributed by atoms with van der Waals surface area (Å²) in [5, 5.41) is 2.89. The number of anilines is 2. The maximum atomic E-state index is 12.6. The lowest BCUT2D eigenvalue weighted by Gasteiger charge is -2.15. The standard InChI is InChI=1S/C22H24N4O2/c1-15-10-18(22(27)25-19-7-8-20(24-13-19)26(3)4)11-16(2)21(15)28-14-17-6-5-9-23-12-17/h5-13H,14H2,1-4H3,(H,25,27). The molecule has 0 fully saturated rings. The molecule has 1 amide bonds. The average Bonchev–Trinajstić information content (AvgIpc) is 2.68. The van der Waals surface area contributed by atoms with Crippen molar-refractivity contribution >= 4 is 17.4 Å². The number of nitrogens with zero attached hydrogens (tertiary/aromatic N) is 3. The van der Waals surface area contributed by atoms with Gasteiger partial charge in [0.15, 0.2) is 0 Å². The molecule has 0 spiro atoms. The van der Waals surface area contributed by atoms with E-state index < -0.39 is 0 Å². The molecule has 6 heteroatoms. The maximum absolute atomic E-state index is 12.6. The molecule has 0 aliphatic rings. The molecule has 1 aromatic carbocycles. The smallest absolute Gasteiger partial charge is 0.255 e. The third kappa shape index (κ3) is 4.65. The van der Waals surface area contributed by atoms with Crippen molar-refractivity contribution in [3.8, 4) is 5.75 Å². The van der Waals surface area contributed by atoms with Gasteiger partial charge in [-0.15, -0.1) is 0 Å². The summed E-state index contributed by atoms with van der Waals surface area (Å²) in [5.41, 5.74) is 4.06. The number of pyridine rings is 2. The van der Waals surface area contributed by atoms with Gasteiger partial charge in [0, 0.05) is 37.6 Å². The lowest BCUT2D eigenvalue weighted by Crippen LogP contribution is -2.14. The highest BCUT2D eigenvalue weighted by Crippen LogP contribution is 2.26. The number of carbonyl (C=O) groups is 1. The second-order valence-electron chi connectivity index (χ2n) is 6.84. The molecule has 2 heterocycles. The number of aromatic nitrogens is 2. The largest absolute Gasteiger partial charge is 0.488 e. The normalized spacial score (nSPS) is 10.4. The predicted octanol–water partition coefficient (Wildman–Crippen LogP) is 3.99. The molecular formula is C22H24N4O2. The Balaban J connectivity index is 1.71. The van der Waals surface area contributed by atoms with Gasteiger partial charge in [-0.2, -0.15) is 0 Å². The highest BCUT2D eigenvalue weighted by Gasteiger charge is 2.13. The minimum atomic E-state index is -0.176. The molecular weight excluding hydrogens is 352 g/mol. The SMILES string of the molecule is Cc1cc(C(=O)Nc2ccc(N(C)C)nc2)cc(C)c1OCc1cccnc1. The Kier molecular flexibility index (Phi) is 5.89. The molecule has 0 radical (unpaired) electrons. The summed E-state index contributed by atoms with van der Waals surface area (Å²) in [7, 11) is 3.84. The zero-order chi connectivity index (χ0) is 20.1. The Hall–Kier alpha value is -3.41. The van der Waals surface area contributed by atoms with Crippen LogP contribution in [-0.4, -0.2) is 30.0 Å². The van der Waals surface area contributed by atoms with Crippen LogP contribution in [0.25, 0.3) is 0 Å². The van der Waals surface area contributed by atoms with Gasteiger partial charge < -0.3 is 15.0 Å². The zero-order valence-electron chi connectivity index (χ0n) is 16.6. The first kappa shape index (κ1) is 19.4. The number of carbonyl (C=O) groups excluding carboxylic acids is 1. The molecule has 1 N–H and O–H groups in total. The first-order chi connectivity index (χ1) is 13.4. The molecule has 3 aromatic rings. The number of benzene rings is 1. The molecule has 0 unspecified atom stereocenters. The molecule has 6 nitrogen and oxygen atoms in total. The fourth-order valence-corrected chi connectivity index (χ4v) is 2.88. The summed E-state index contributed by atoms with van der Waals surface area (Å²) < 4.78 is 5.96. The van der Waals surface area contributed by atoms with Crippen LogP contribution >= 0.6 is 0 Å². The van der Waals surface area contributed by atoms with Crippen LogP contribution in [0.15, 0.2) is 55.0 Å². The highest BCUT2D eigenvalue weighted by molar-refractivity contribution is 6.04. The van der Waals surface area contributed by atoms with Crippen molar-refractivity contribution in [2.75, 3.05) is 24.3 Å². The van der Waals surface area contributed by atoms with Crippen molar-refractivity contribution in [1.82, 2.24) is 9.97 Å². The topological polar surface area (TPSA) is 67.4 Å². The van der Waals surface area contributed by atoms with Gasteiger partial charge in [0.1, 0.15) is 18.2 Å². The van der Waals surface area contributed by atoms with Crippen molar-refractivity contribution in [1.29, 1.82) is 0 Å². The van der Waals surface area contributed by atoms with Crippen LogP contribution in [0.1, 0.15) is 27.0 Å². The summed E-state index contributed by atoms with van der Waals surface area (Å²) in [5.74, 6) is 1.45. The van der Waals surface area contributed by atoms with Crippen molar-refractivity contribution < 1.29 is 9.53 Å². The van der Waals surface area contributed by atoms with E-state index in [0.717, 1.165) is 28.3 Å².